The predicted molar refractivity (Wildman–Crippen MR) is 96.0 cm³/mol. The summed E-state index contributed by atoms with van der Waals surface area (Å²) in [5, 5.41) is 0. The van der Waals surface area contributed by atoms with E-state index in [1.807, 2.05) is 39.5 Å². The standard InChI is InChI=1S/C19H24N4O3/c1-14-2-5-23-13-16(20-17(23)12-14)19(25)21-6-3-15(4-7-21)18(24)22-8-10-26-11-9-22/h2,5,12-13,15H,3-4,6-11H2,1H3. The van der Waals surface area contributed by atoms with Gasteiger partial charge in [0.1, 0.15) is 11.3 Å². The molecule has 0 spiro atoms. The van der Waals surface area contributed by atoms with Crippen molar-refractivity contribution in [3.05, 3.63) is 35.8 Å². The molecule has 0 bridgehead atoms. The smallest absolute Gasteiger partial charge is 0.274 e. The summed E-state index contributed by atoms with van der Waals surface area (Å²) in [6.45, 7) is 5.82. The van der Waals surface area contributed by atoms with E-state index >= 15 is 0 Å². The van der Waals surface area contributed by atoms with Crippen molar-refractivity contribution in [3.63, 3.8) is 0 Å². The van der Waals surface area contributed by atoms with Crippen molar-refractivity contribution in [2.75, 3.05) is 39.4 Å². The summed E-state index contributed by atoms with van der Waals surface area (Å²) in [4.78, 5) is 33.5. The van der Waals surface area contributed by atoms with Crippen LogP contribution in [-0.2, 0) is 9.53 Å². The Labute approximate surface area is 152 Å². The molecule has 4 heterocycles. The number of ether oxygens (including phenoxy) is 1. The zero-order valence-corrected chi connectivity index (χ0v) is 15.1. The van der Waals surface area contributed by atoms with Crippen molar-refractivity contribution < 1.29 is 14.3 Å². The van der Waals surface area contributed by atoms with Gasteiger partial charge in [0.2, 0.25) is 5.91 Å². The van der Waals surface area contributed by atoms with Gasteiger partial charge in [-0.15, -0.1) is 0 Å². The number of fused-ring (bicyclic) bond motifs is 1. The Hall–Kier alpha value is -2.41. The summed E-state index contributed by atoms with van der Waals surface area (Å²) in [7, 11) is 0. The van der Waals surface area contributed by atoms with Crippen LogP contribution in [0.15, 0.2) is 24.5 Å². The Morgan fingerprint density at radius 2 is 1.85 bits per heavy atom. The van der Waals surface area contributed by atoms with Gasteiger partial charge in [-0.3, -0.25) is 9.59 Å². The fraction of sp³-hybridized carbons (Fsp3) is 0.526. The van der Waals surface area contributed by atoms with Gasteiger partial charge in [0, 0.05) is 44.5 Å². The van der Waals surface area contributed by atoms with E-state index in [0.717, 1.165) is 11.2 Å². The largest absolute Gasteiger partial charge is 0.378 e. The van der Waals surface area contributed by atoms with Gasteiger partial charge in [-0.05, 0) is 37.5 Å². The van der Waals surface area contributed by atoms with E-state index in [1.54, 1.807) is 6.20 Å². The molecule has 0 atom stereocenters. The summed E-state index contributed by atoms with van der Waals surface area (Å²) in [5.41, 5.74) is 2.36. The second-order valence-electron chi connectivity index (χ2n) is 7.10. The maximum absolute atomic E-state index is 12.8. The molecule has 2 aromatic rings. The lowest BCUT2D eigenvalue weighted by atomic mass is 9.95. The number of imidazole rings is 1. The number of pyridine rings is 1. The third kappa shape index (κ3) is 3.31. The van der Waals surface area contributed by atoms with Crippen LogP contribution in [0.3, 0.4) is 0 Å². The first-order chi connectivity index (χ1) is 12.6. The van der Waals surface area contributed by atoms with Gasteiger partial charge in [0.15, 0.2) is 0 Å². The third-order valence-corrected chi connectivity index (χ3v) is 5.29. The Kier molecular flexibility index (Phi) is 4.63. The van der Waals surface area contributed by atoms with E-state index in [9.17, 15) is 9.59 Å². The van der Waals surface area contributed by atoms with Crippen molar-refractivity contribution in [2.45, 2.75) is 19.8 Å². The number of morpholine rings is 1. The molecule has 2 aromatic heterocycles. The molecule has 2 amide bonds. The number of aromatic nitrogens is 2. The normalized spacial score (nSPS) is 19.1. The van der Waals surface area contributed by atoms with Gasteiger partial charge in [0.25, 0.3) is 5.91 Å². The molecular weight excluding hydrogens is 332 g/mol. The fourth-order valence-corrected chi connectivity index (χ4v) is 3.72. The fourth-order valence-electron chi connectivity index (χ4n) is 3.72. The minimum absolute atomic E-state index is 0.0147. The highest BCUT2D eigenvalue weighted by Crippen LogP contribution is 2.22. The Morgan fingerprint density at radius 1 is 1.12 bits per heavy atom. The predicted octanol–water partition coefficient (Wildman–Crippen LogP) is 1.35. The van der Waals surface area contributed by atoms with Crippen LogP contribution >= 0.6 is 0 Å². The molecule has 0 unspecified atom stereocenters. The number of aryl methyl sites for hydroxylation is 1. The highest BCUT2D eigenvalue weighted by Gasteiger charge is 2.31. The first-order valence-corrected chi connectivity index (χ1v) is 9.23. The van der Waals surface area contributed by atoms with E-state index < -0.39 is 0 Å². The zero-order chi connectivity index (χ0) is 18.1. The monoisotopic (exact) mass is 356 g/mol. The van der Waals surface area contributed by atoms with Crippen LogP contribution in [0.4, 0.5) is 0 Å². The van der Waals surface area contributed by atoms with Gasteiger partial charge in [-0.1, -0.05) is 0 Å². The summed E-state index contributed by atoms with van der Waals surface area (Å²) >= 11 is 0. The van der Waals surface area contributed by atoms with Crippen LogP contribution in [0.2, 0.25) is 0 Å². The van der Waals surface area contributed by atoms with Crippen LogP contribution < -0.4 is 0 Å². The van der Waals surface area contributed by atoms with Crippen LogP contribution in [0.25, 0.3) is 5.65 Å². The van der Waals surface area contributed by atoms with Crippen LogP contribution in [0, 0.1) is 12.8 Å². The SMILES string of the molecule is Cc1ccn2cc(C(=O)N3CCC(C(=O)N4CCOCC4)CC3)nc2c1. The number of carbonyl (C=O) groups is 2. The second kappa shape index (κ2) is 7.07. The molecule has 138 valence electrons. The molecule has 0 saturated carbocycles. The topological polar surface area (TPSA) is 67.2 Å². The van der Waals surface area contributed by atoms with Gasteiger partial charge in [-0.2, -0.15) is 0 Å². The number of hydrogen-bond acceptors (Lipinski definition) is 4. The molecule has 4 rings (SSSR count). The number of amides is 2. The van der Waals surface area contributed by atoms with Gasteiger partial charge < -0.3 is 18.9 Å². The maximum atomic E-state index is 12.8. The van der Waals surface area contributed by atoms with E-state index in [0.29, 0.717) is 57.9 Å². The van der Waals surface area contributed by atoms with Crippen molar-refractivity contribution in [1.29, 1.82) is 0 Å². The van der Waals surface area contributed by atoms with Crippen molar-refractivity contribution in [2.24, 2.45) is 5.92 Å². The minimum atomic E-state index is -0.0522. The third-order valence-electron chi connectivity index (χ3n) is 5.29. The Balaban J connectivity index is 1.38. The molecule has 2 fully saturated rings. The first kappa shape index (κ1) is 17.0. The molecule has 0 radical (unpaired) electrons. The summed E-state index contributed by atoms with van der Waals surface area (Å²) in [6, 6.07) is 3.95. The Morgan fingerprint density at radius 3 is 2.58 bits per heavy atom. The number of hydrogen-bond donors (Lipinski definition) is 0. The molecule has 26 heavy (non-hydrogen) atoms. The quantitative estimate of drug-likeness (QED) is 0.815. The van der Waals surface area contributed by atoms with Crippen molar-refractivity contribution in [3.8, 4) is 0 Å². The van der Waals surface area contributed by atoms with Crippen LogP contribution in [0.1, 0.15) is 28.9 Å². The maximum Gasteiger partial charge on any atom is 0.274 e. The van der Waals surface area contributed by atoms with E-state index in [-0.39, 0.29) is 17.7 Å². The average molecular weight is 356 g/mol. The summed E-state index contributed by atoms with van der Waals surface area (Å²) in [5.74, 6) is 0.174. The number of rotatable bonds is 2. The molecule has 7 nitrogen and oxygen atoms in total. The lowest BCUT2D eigenvalue weighted by molar-refractivity contribution is -0.141. The number of nitrogens with zero attached hydrogens (tertiary/aromatic N) is 4. The highest BCUT2D eigenvalue weighted by atomic mass is 16.5. The minimum Gasteiger partial charge on any atom is -0.378 e. The molecule has 0 aliphatic carbocycles. The highest BCUT2D eigenvalue weighted by molar-refractivity contribution is 5.93. The van der Waals surface area contributed by atoms with Gasteiger partial charge in [0.05, 0.1) is 13.2 Å². The van der Waals surface area contributed by atoms with Gasteiger partial charge >= 0.3 is 0 Å². The van der Waals surface area contributed by atoms with Crippen LogP contribution in [0.5, 0.6) is 0 Å². The Bertz CT molecular complexity index is 817. The summed E-state index contributed by atoms with van der Waals surface area (Å²) < 4.78 is 7.18. The van der Waals surface area contributed by atoms with E-state index in [2.05, 4.69) is 4.98 Å². The summed E-state index contributed by atoms with van der Waals surface area (Å²) in [6.07, 6.45) is 5.13. The van der Waals surface area contributed by atoms with Crippen molar-refractivity contribution >= 4 is 17.5 Å². The van der Waals surface area contributed by atoms with Crippen LogP contribution in [-0.4, -0.2) is 70.4 Å². The molecule has 0 aromatic carbocycles. The number of likely N-dealkylation sites (tertiary alicyclic amines) is 1. The number of carbonyl (C=O) groups excluding carboxylic acids is 2. The lowest BCUT2D eigenvalue weighted by Crippen LogP contribution is -2.47. The number of piperidine rings is 1. The zero-order valence-electron chi connectivity index (χ0n) is 15.1. The molecule has 2 aliphatic rings. The molecule has 2 saturated heterocycles. The van der Waals surface area contributed by atoms with E-state index in [4.69, 9.17) is 4.74 Å². The lowest BCUT2D eigenvalue weighted by Gasteiger charge is -2.35. The second-order valence-corrected chi connectivity index (χ2v) is 7.10. The first-order valence-electron chi connectivity index (χ1n) is 9.23. The van der Waals surface area contributed by atoms with E-state index in [1.165, 1.54) is 0 Å². The molecule has 0 N–H and O–H groups in total. The average Bonchev–Trinajstić information content (AvgIpc) is 3.11. The van der Waals surface area contributed by atoms with Crippen molar-refractivity contribution in [1.82, 2.24) is 19.2 Å². The van der Waals surface area contributed by atoms with Gasteiger partial charge in [-0.25, -0.2) is 4.98 Å². The molecular formula is C19H24N4O3. The molecule has 2 aliphatic heterocycles. The molecule has 7 heteroatoms.